The molecule has 0 amide bonds. The van der Waals surface area contributed by atoms with Gasteiger partial charge in [-0.15, -0.1) is 0 Å². The molecule has 0 atom stereocenters. The molecule has 0 heterocycles. The number of carbonyl (C=O) groups excluding carboxylic acids is 1. The molecule has 10 heavy (non-hydrogen) atoms. The van der Waals surface area contributed by atoms with Gasteiger partial charge in [0.1, 0.15) is 6.29 Å². The quantitative estimate of drug-likeness (QED) is 0.316. The first-order valence-electron chi connectivity index (χ1n) is 4.76. The highest BCUT2D eigenvalue weighted by molar-refractivity contribution is 5.51. The van der Waals surface area contributed by atoms with Crippen molar-refractivity contribution >= 4 is 6.29 Å². The number of hydrogen-bond acceptors (Lipinski definition) is 1. The molecule has 0 aromatic carbocycles. The van der Waals surface area contributed by atoms with Gasteiger partial charge in [0.15, 0.2) is 0 Å². The van der Waals surface area contributed by atoms with E-state index < -0.39 is 6.37 Å². The molecule has 0 aromatic rings. The third-order valence-corrected chi connectivity index (χ3v) is 1.26. The topological polar surface area (TPSA) is 17.1 Å². The van der Waals surface area contributed by atoms with Crippen molar-refractivity contribution in [3.63, 3.8) is 0 Å². The summed E-state index contributed by atoms with van der Waals surface area (Å²) in [5.74, 6) is 0. The van der Waals surface area contributed by atoms with Gasteiger partial charge in [-0.2, -0.15) is 0 Å². The van der Waals surface area contributed by atoms with E-state index in [0.29, 0.717) is 6.29 Å². The number of allylic oxidation sites excluding steroid dienone is 2. The SMILES string of the molecule is [2H]C([2H])(C=O)/C=C/CCCCC. The van der Waals surface area contributed by atoms with E-state index in [0.717, 1.165) is 25.7 Å². The number of hydrogen-bond donors (Lipinski definition) is 0. The largest absolute Gasteiger partial charge is 0.303 e. The maximum Gasteiger partial charge on any atom is 0.123 e. The molecule has 0 aliphatic carbocycles. The Morgan fingerprint density at radius 3 is 2.80 bits per heavy atom. The van der Waals surface area contributed by atoms with Crippen molar-refractivity contribution in [2.24, 2.45) is 0 Å². The number of unbranched alkanes of at least 4 members (excludes halogenated alkanes) is 3. The summed E-state index contributed by atoms with van der Waals surface area (Å²) < 4.78 is 14.1. The zero-order valence-electron chi connectivity index (χ0n) is 8.47. The molecule has 0 unspecified atom stereocenters. The highest BCUT2D eigenvalue weighted by Gasteiger charge is 1.80. The van der Waals surface area contributed by atoms with Crippen LogP contribution in [0.2, 0.25) is 0 Å². The van der Waals surface area contributed by atoms with Crippen LogP contribution in [0.4, 0.5) is 0 Å². The summed E-state index contributed by atoms with van der Waals surface area (Å²) in [5, 5.41) is 0. The molecule has 0 spiro atoms. The summed E-state index contributed by atoms with van der Waals surface area (Å²) in [5.41, 5.74) is 0. The lowest BCUT2D eigenvalue weighted by atomic mass is 10.2. The van der Waals surface area contributed by atoms with Gasteiger partial charge in [0, 0.05) is 9.11 Å². The van der Waals surface area contributed by atoms with Crippen LogP contribution in [0, 0.1) is 0 Å². The first kappa shape index (κ1) is 6.14. The molecule has 0 N–H and O–H groups in total. The molecular weight excluding hydrogens is 124 g/mol. The van der Waals surface area contributed by atoms with Crippen LogP contribution in [0.25, 0.3) is 0 Å². The minimum atomic E-state index is -1.77. The maximum absolute atomic E-state index is 10.1. The number of rotatable bonds is 6. The Balaban J connectivity index is 3.54. The smallest absolute Gasteiger partial charge is 0.123 e. The van der Waals surface area contributed by atoms with Crippen molar-refractivity contribution in [3.05, 3.63) is 12.2 Å². The summed E-state index contributed by atoms with van der Waals surface area (Å²) in [7, 11) is 0. The van der Waals surface area contributed by atoms with Crippen LogP contribution in [-0.2, 0) is 4.79 Å². The fourth-order valence-electron chi connectivity index (χ4n) is 0.703. The van der Waals surface area contributed by atoms with E-state index in [9.17, 15) is 4.79 Å². The van der Waals surface area contributed by atoms with Gasteiger partial charge in [-0.25, -0.2) is 0 Å². The van der Waals surface area contributed by atoms with E-state index in [1.165, 1.54) is 6.08 Å². The standard InChI is InChI=1S/C9H16O/c1-2-3-4-5-6-7-8-9-10/h6-7,9H,2-5,8H2,1H3/b7-6+/i8D2. The number of aldehydes is 1. The lowest BCUT2D eigenvalue weighted by Crippen LogP contribution is -1.71. The second-order valence-electron chi connectivity index (χ2n) is 2.18. The molecule has 0 rings (SSSR count). The van der Waals surface area contributed by atoms with E-state index in [1.807, 2.05) is 0 Å². The van der Waals surface area contributed by atoms with Crippen LogP contribution in [-0.4, -0.2) is 6.29 Å². The molecule has 0 bridgehead atoms. The van der Waals surface area contributed by atoms with E-state index >= 15 is 0 Å². The molecule has 0 aliphatic heterocycles. The van der Waals surface area contributed by atoms with Crippen molar-refractivity contribution in [1.29, 1.82) is 0 Å². The number of carbonyl (C=O) groups is 1. The van der Waals surface area contributed by atoms with Crippen LogP contribution < -0.4 is 0 Å². The Bertz CT molecular complexity index is 153. The lowest BCUT2D eigenvalue weighted by molar-refractivity contribution is -0.107. The lowest BCUT2D eigenvalue weighted by Gasteiger charge is -1.89. The van der Waals surface area contributed by atoms with Gasteiger partial charge >= 0.3 is 0 Å². The van der Waals surface area contributed by atoms with Crippen molar-refractivity contribution < 1.29 is 7.54 Å². The summed E-state index contributed by atoms with van der Waals surface area (Å²) in [6.45, 7) is 2.12. The molecule has 0 saturated heterocycles. The van der Waals surface area contributed by atoms with Crippen LogP contribution >= 0.6 is 0 Å². The Kier molecular flexibility index (Phi) is 5.17. The van der Waals surface area contributed by atoms with Crippen LogP contribution in [0.1, 0.15) is 41.7 Å². The molecule has 0 fully saturated rings. The summed E-state index contributed by atoms with van der Waals surface area (Å²) in [6, 6.07) is 0. The van der Waals surface area contributed by atoms with Crippen molar-refractivity contribution in [2.45, 2.75) is 39.0 Å². The van der Waals surface area contributed by atoms with E-state index in [-0.39, 0.29) is 0 Å². The third kappa shape index (κ3) is 7.41. The predicted octanol–water partition coefficient (Wildman–Crippen LogP) is 2.71. The van der Waals surface area contributed by atoms with Crippen LogP contribution in [0.5, 0.6) is 0 Å². The fourth-order valence-corrected chi connectivity index (χ4v) is 0.703. The average Bonchev–Trinajstić information content (AvgIpc) is 2.04. The molecule has 0 radical (unpaired) electrons. The second-order valence-corrected chi connectivity index (χ2v) is 2.18. The van der Waals surface area contributed by atoms with E-state index in [2.05, 4.69) is 6.92 Å². The Morgan fingerprint density at radius 2 is 2.20 bits per heavy atom. The normalized spacial score (nSPS) is 14.9. The average molecular weight is 142 g/mol. The molecular formula is C9H16O. The van der Waals surface area contributed by atoms with Crippen molar-refractivity contribution in [3.8, 4) is 0 Å². The van der Waals surface area contributed by atoms with Gasteiger partial charge in [-0.05, 0) is 12.8 Å². The molecule has 1 heteroatoms. The van der Waals surface area contributed by atoms with Gasteiger partial charge in [-0.3, -0.25) is 0 Å². The van der Waals surface area contributed by atoms with Gasteiger partial charge in [-0.1, -0.05) is 31.9 Å². The van der Waals surface area contributed by atoms with Gasteiger partial charge in [0.2, 0.25) is 0 Å². The second kappa shape index (κ2) is 8.41. The minimum Gasteiger partial charge on any atom is -0.303 e. The zero-order valence-corrected chi connectivity index (χ0v) is 6.47. The van der Waals surface area contributed by atoms with Crippen molar-refractivity contribution in [1.82, 2.24) is 0 Å². The minimum absolute atomic E-state index is 0.323. The summed E-state index contributed by atoms with van der Waals surface area (Å²) in [6.07, 6.45) is 5.88. The third-order valence-electron chi connectivity index (χ3n) is 1.26. The highest BCUT2D eigenvalue weighted by atomic mass is 16.1. The van der Waals surface area contributed by atoms with Crippen LogP contribution in [0.15, 0.2) is 12.2 Å². The van der Waals surface area contributed by atoms with Gasteiger partial charge in [0.05, 0.1) is 0 Å². The summed E-state index contributed by atoms with van der Waals surface area (Å²) >= 11 is 0. The maximum atomic E-state index is 10.1. The van der Waals surface area contributed by atoms with Crippen LogP contribution in [0.3, 0.4) is 0 Å². The Morgan fingerprint density at radius 1 is 1.40 bits per heavy atom. The molecule has 1 nitrogen and oxygen atoms in total. The van der Waals surface area contributed by atoms with Gasteiger partial charge in [0.25, 0.3) is 0 Å². The Labute approximate surface area is 65.9 Å². The highest BCUT2D eigenvalue weighted by Crippen LogP contribution is 1.99. The molecule has 0 aromatic heterocycles. The summed E-state index contributed by atoms with van der Waals surface area (Å²) in [4.78, 5) is 10.1. The Hall–Kier alpha value is -0.590. The van der Waals surface area contributed by atoms with Gasteiger partial charge < -0.3 is 4.79 Å². The molecule has 0 saturated carbocycles. The first-order chi connectivity index (χ1) is 5.62. The van der Waals surface area contributed by atoms with E-state index in [4.69, 9.17) is 2.74 Å². The van der Waals surface area contributed by atoms with Crippen molar-refractivity contribution in [2.75, 3.05) is 0 Å². The zero-order chi connectivity index (χ0) is 9.45. The monoisotopic (exact) mass is 142 g/mol. The first-order valence-corrected chi connectivity index (χ1v) is 3.76. The fraction of sp³-hybridized carbons (Fsp3) is 0.667. The predicted molar refractivity (Wildman–Crippen MR) is 44.0 cm³/mol. The molecule has 58 valence electrons. The molecule has 0 aliphatic rings. The van der Waals surface area contributed by atoms with E-state index in [1.54, 1.807) is 6.08 Å².